The van der Waals surface area contributed by atoms with E-state index < -0.39 is 0 Å². The van der Waals surface area contributed by atoms with Crippen LogP contribution in [0.1, 0.15) is 16.9 Å². The molecule has 5 heteroatoms. The van der Waals surface area contributed by atoms with E-state index in [4.69, 9.17) is 4.74 Å². The zero-order chi connectivity index (χ0) is 12.0. The normalized spacial score (nSPS) is 9.88. The topological polar surface area (TPSA) is 43.3 Å². The van der Waals surface area contributed by atoms with Crippen molar-refractivity contribution in [3.63, 3.8) is 0 Å². The van der Waals surface area contributed by atoms with Crippen LogP contribution in [0.5, 0.6) is 0 Å². The molecule has 0 aliphatic carbocycles. The molecule has 0 aliphatic rings. The number of nitrogens with one attached hydrogen (secondary N) is 1. The first-order chi connectivity index (χ1) is 7.65. The van der Waals surface area contributed by atoms with E-state index in [-0.39, 0.29) is 5.91 Å². The first-order valence-electron chi connectivity index (χ1n) is 4.97. The third-order valence-corrected chi connectivity index (χ3v) is 2.48. The van der Waals surface area contributed by atoms with Gasteiger partial charge in [0.25, 0.3) is 5.91 Å². The number of nitrogens with zero attached hydrogens (tertiary/aromatic N) is 1. The molecular weight excluding hydrogens is 272 g/mol. The predicted molar refractivity (Wildman–Crippen MR) is 66.2 cm³/mol. The van der Waals surface area contributed by atoms with Gasteiger partial charge in [0.1, 0.15) is 5.69 Å². The summed E-state index contributed by atoms with van der Waals surface area (Å²) in [6.07, 6.45) is 4.01. The molecule has 0 fully saturated rings. The highest BCUT2D eigenvalue weighted by Gasteiger charge is 2.09. The van der Waals surface area contributed by atoms with Gasteiger partial charge in [-0.1, -0.05) is 6.58 Å². The molecule has 0 unspecified atom stereocenters. The molecule has 88 valence electrons. The molecule has 0 saturated carbocycles. The minimum atomic E-state index is -0.0770. The van der Waals surface area contributed by atoms with Gasteiger partial charge in [-0.05, 0) is 28.4 Å². The number of rotatable bonds is 6. The van der Waals surface area contributed by atoms with Crippen molar-refractivity contribution in [1.29, 1.82) is 0 Å². The van der Waals surface area contributed by atoms with Gasteiger partial charge < -0.3 is 14.6 Å². The fraction of sp³-hybridized carbons (Fsp3) is 0.364. The molecule has 4 nitrogen and oxygen atoms in total. The Labute approximate surface area is 103 Å². The fourth-order valence-electron chi connectivity index (χ4n) is 1.28. The number of hydrogen-bond acceptors (Lipinski definition) is 2. The number of halogens is 1. The molecule has 0 aromatic carbocycles. The standard InChI is InChI=1S/C11H15BrN2O2/c1-3-16-6-4-5-13-11(15)10-7-9(12)8-14(10)2/h3,7-8H,1,4-6H2,2H3,(H,13,15). The number of hydrogen-bond donors (Lipinski definition) is 1. The van der Waals surface area contributed by atoms with E-state index in [1.165, 1.54) is 6.26 Å². The Balaban J connectivity index is 2.35. The molecule has 0 saturated heterocycles. The summed E-state index contributed by atoms with van der Waals surface area (Å²) in [5.74, 6) is -0.0770. The van der Waals surface area contributed by atoms with Gasteiger partial charge in [-0.25, -0.2) is 0 Å². The maximum atomic E-state index is 11.7. The van der Waals surface area contributed by atoms with E-state index in [9.17, 15) is 4.79 Å². The maximum absolute atomic E-state index is 11.7. The molecule has 0 bridgehead atoms. The maximum Gasteiger partial charge on any atom is 0.267 e. The Morgan fingerprint density at radius 2 is 2.50 bits per heavy atom. The van der Waals surface area contributed by atoms with Gasteiger partial charge in [0.15, 0.2) is 0 Å². The minimum absolute atomic E-state index is 0.0770. The molecule has 0 spiro atoms. The second kappa shape index (κ2) is 6.37. The molecule has 1 aromatic heterocycles. The summed E-state index contributed by atoms with van der Waals surface area (Å²) in [6, 6.07) is 1.79. The molecule has 0 atom stereocenters. The van der Waals surface area contributed by atoms with Crippen LogP contribution < -0.4 is 5.32 Å². The van der Waals surface area contributed by atoms with Gasteiger partial charge in [-0.3, -0.25) is 4.79 Å². The number of carbonyl (C=O) groups is 1. The first kappa shape index (κ1) is 12.8. The molecule has 0 aliphatic heterocycles. The summed E-state index contributed by atoms with van der Waals surface area (Å²) in [7, 11) is 1.83. The highest BCUT2D eigenvalue weighted by molar-refractivity contribution is 9.10. The lowest BCUT2D eigenvalue weighted by Gasteiger charge is -2.05. The molecule has 1 heterocycles. The summed E-state index contributed by atoms with van der Waals surface area (Å²) in [4.78, 5) is 11.7. The lowest BCUT2D eigenvalue weighted by Crippen LogP contribution is -2.26. The number of aryl methyl sites for hydroxylation is 1. The average molecular weight is 287 g/mol. The molecule has 1 amide bonds. The molecule has 1 aromatic rings. The zero-order valence-corrected chi connectivity index (χ0v) is 10.8. The van der Waals surface area contributed by atoms with Crippen LogP contribution in [-0.4, -0.2) is 23.6 Å². The van der Waals surface area contributed by atoms with Crippen molar-refractivity contribution >= 4 is 21.8 Å². The monoisotopic (exact) mass is 286 g/mol. The van der Waals surface area contributed by atoms with Gasteiger partial charge in [-0.15, -0.1) is 0 Å². The number of aromatic nitrogens is 1. The quantitative estimate of drug-likeness (QED) is 0.643. The summed E-state index contributed by atoms with van der Waals surface area (Å²) < 4.78 is 7.62. The Bertz CT molecular complexity index is 374. The molecule has 16 heavy (non-hydrogen) atoms. The lowest BCUT2D eigenvalue weighted by molar-refractivity contribution is 0.0942. The van der Waals surface area contributed by atoms with E-state index in [1.54, 1.807) is 10.6 Å². The van der Waals surface area contributed by atoms with Crippen LogP contribution in [0.4, 0.5) is 0 Å². The summed E-state index contributed by atoms with van der Waals surface area (Å²) in [5.41, 5.74) is 0.636. The van der Waals surface area contributed by atoms with Crippen molar-refractivity contribution in [1.82, 2.24) is 9.88 Å². The largest absolute Gasteiger partial charge is 0.502 e. The third kappa shape index (κ3) is 3.73. The highest BCUT2D eigenvalue weighted by atomic mass is 79.9. The second-order valence-electron chi connectivity index (χ2n) is 3.30. The van der Waals surface area contributed by atoms with Crippen LogP contribution in [0.25, 0.3) is 0 Å². The van der Waals surface area contributed by atoms with Crippen LogP contribution in [0, 0.1) is 0 Å². The van der Waals surface area contributed by atoms with Crippen LogP contribution in [0.2, 0.25) is 0 Å². The van der Waals surface area contributed by atoms with Gasteiger partial charge in [0.05, 0.1) is 12.9 Å². The van der Waals surface area contributed by atoms with Gasteiger partial charge >= 0.3 is 0 Å². The van der Waals surface area contributed by atoms with Crippen molar-refractivity contribution in [2.24, 2.45) is 7.05 Å². The third-order valence-electron chi connectivity index (χ3n) is 2.05. The van der Waals surface area contributed by atoms with Crippen LogP contribution in [0.3, 0.4) is 0 Å². The Kier molecular flexibility index (Phi) is 5.11. The smallest absolute Gasteiger partial charge is 0.267 e. The summed E-state index contributed by atoms with van der Waals surface area (Å²) in [5, 5.41) is 2.82. The van der Waals surface area contributed by atoms with Crippen molar-refractivity contribution in [3.8, 4) is 0 Å². The number of amides is 1. The van der Waals surface area contributed by atoms with Crippen molar-refractivity contribution in [3.05, 3.63) is 35.3 Å². The Morgan fingerprint density at radius 3 is 3.06 bits per heavy atom. The van der Waals surface area contributed by atoms with Crippen molar-refractivity contribution in [2.45, 2.75) is 6.42 Å². The number of ether oxygens (including phenoxy) is 1. The Morgan fingerprint density at radius 1 is 1.75 bits per heavy atom. The molecular formula is C11H15BrN2O2. The van der Waals surface area contributed by atoms with E-state index in [1.807, 2.05) is 13.2 Å². The molecule has 0 radical (unpaired) electrons. The Hall–Kier alpha value is -1.23. The van der Waals surface area contributed by atoms with E-state index in [2.05, 4.69) is 27.8 Å². The zero-order valence-electron chi connectivity index (χ0n) is 9.20. The van der Waals surface area contributed by atoms with E-state index in [0.29, 0.717) is 18.8 Å². The highest BCUT2D eigenvalue weighted by Crippen LogP contribution is 2.13. The summed E-state index contributed by atoms with van der Waals surface area (Å²) >= 11 is 3.32. The van der Waals surface area contributed by atoms with Gasteiger partial charge in [0, 0.05) is 24.3 Å². The summed E-state index contributed by atoms with van der Waals surface area (Å²) in [6.45, 7) is 4.60. The molecule has 1 N–H and O–H groups in total. The lowest BCUT2D eigenvalue weighted by atomic mass is 10.3. The van der Waals surface area contributed by atoms with Crippen molar-refractivity contribution < 1.29 is 9.53 Å². The molecule has 1 rings (SSSR count). The van der Waals surface area contributed by atoms with Crippen molar-refractivity contribution in [2.75, 3.05) is 13.2 Å². The van der Waals surface area contributed by atoms with E-state index >= 15 is 0 Å². The van der Waals surface area contributed by atoms with E-state index in [0.717, 1.165) is 10.9 Å². The van der Waals surface area contributed by atoms with Crippen LogP contribution >= 0.6 is 15.9 Å². The van der Waals surface area contributed by atoms with Crippen LogP contribution in [-0.2, 0) is 11.8 Å². The van der Waals surface area contributed by atoms with Gasteiger partial charge in [-0.2, -0.15) is 0 Å². The SMILES string of the molecule is C=COCCCNC(=O)c1cc(Br)cn1C. The first-order valence-corrected chi connectivity index (χ1v) is 5.77. The minimum Gasteiger partial charge on any atom is -0.502 e. The van der Waals surface area contributed by atoms with Gasteiger partial charge in [0.2, 0.25) is 0 Å². The van der Waals surface area contributed by atoms with Crippen LogP contribution in [0.15, 0.2) is 29.6 Å². The number of carbonyl (C=O) groups excluding carboxylic acids is 1. The fourth-order valence-corrected chi connectivity index (χ4v) is 1.81. The second-order valence-corrected chi connectivity index (χ2v) is 4.22. The average Bonchev–Trinajstić information content (AvgIpc) is 2.57. The predicted octanol–water partition coefficient (Wildman–Crippen LogP) is 2.07.